The van der Waals surface area contributed by atoms with E-state index in [4.69, 9.17) is 5.11 Å². The number of rotatable bonds is 4. The highest BCUT2D eigenvalue weighted by atomic mass is 19.3. The van der Waals surface area contributed by atoms with Crippen LogP contribution in [0.15, 0.2) is 36.4 Å². The molecule has 0 saturated heterocycles. The van der Waals surface area contributed by atoms with Crippen molar-refractivity contribution in [1.29, 1.82) is 5.26 Å². The fourth-order valence-corrected chi connectivity index (χ4v) is 2.95. The van der Waals surface area contributed by atoms with Crippen LogP contribution < -0.4 is 0 Å². The van der Waals surface area contributed by atoms with E-state index >= 15 is 0 Å². The molecule has 0 aliphatic carbocycles. The lowest BCUT2D eigenvalue weighted by atomic mass is 10.0. The summed E-state index contributed by atoms with van der Waals surface area (Å²) in [5, 5.41) is 23.1. The van der Waals surface area contributed by atoms with Gasteiger partial charge >= 0.3 is 11.9 Å². The maximum absolute atomic E-state index is 13.9. The Morgan fingerprint density at radius 2 is 2.04 bits per heavy atom. The second-order valence-corrected chi connectivity index (χ2v) is 6.07. The van der Waals surface area contributed by atoms with E-state index in [2.05, 4.69) is 11.2 Å². The van der Waals surface area contributed by atoms with Gasteiger partial charge in [-0.05, 0) is 37.1 Å². The van der Waals surface area contributed by atoms with Gasteiger partial charge in [0.1, 0.15) is 0 Å². The van der Waals surface area contributed by atoms with E-state index < -0.39 is 17.5 Å². The third kappa shape index (κ3) is 2.80. The molecule has 2 aromatic carbocycles. The molecule has 0 bridgehead atoms. The molecule has 0 radical (unpaired) electrons. The van der Waals surface area contributed by atoms with Crippen molar-refractivity contribution >= 4 is 16.9 Å². The van der Waals surface area contributed by atoms with Crippen molar-refractivity contribution in [2.24, 2.45) is 0 Å². The Hall–Kier alpha value is -3.27. The fraction of sp³-hybridized carbons (Fsp3) is 0.211. The van der Waals surface area contributed by atoms with Crippen LogP contribution in [0.4, 0.5) is 8.78 Å². The molecule has 1 N–H and O–H groups in total. The third-order valence-corrected chi connectivity index (χ3v) is 4.41. The van der Waals surface area contributed by atoms with Gasteiger partial charge in [-0.15, -0.1) is 0 Å². The fourth-order valence-electron chi connectivity index (χ4n) is 2.95. The molecule has 5 nitrogen and oxygen atoms in total. The molecule has 0 aliphatic heterocycles. The molecule has 0 unspecified atom stereocenters. The number of carbonyl (C=O) groups is 1. The van der Waals surface area contributed by atoms with Crippen molar-refractivity contribution in [2.75, 3.05) is 0 Å². The molecule has 0 saturated carbocycles. The van der Waals surface area contributed by atoms with Gasteiger partial charge in [-0.3, -0.25) is 4.68 Å². The normalized spacial score (nSPS) is 11.5. The zero-order valence-corrected chi connectivity index (χ0v) is 14.1. The zero-order valence-electron chi connectivity index (χ0n) is 14.1. The molecule has 3 rings (SSSR count). The van der Waals surface area contributed by atoms with Crippen LogP contribution in [0.25, 0.3) is 10.9 Å². The largest absolute Gasteiger partial charge is 0.477 e. The van der Waals surface area contributed by atoms with Crippen LogP contribution in [0, 0.1) is 25.2 Å². The Bertz CT molecular complexity index is 1060. The van der Waals surface area contributed by atoms with E-state index in [9.17, 15) is 18.8 Å². The second kappa shape index (κ2) is 6.23. The number of aryl methyl sites for hydroxylation is 2. The van der Waals surface area contributed by atoms with Crippen molar-refractivity contribution in [3.63, 3.8) is 0 Å². The van der Waals surface area contributed by atoms with Gasteiger partial charge in [0.15, 0.2) is 0 Å². The molecule has 1 aromatic heterocycles. The molecule has 0 aliphatic rings. The molecular formula is C19H15F2N3O2. The molecule has 26 heavy (non-hydrogen) atoms. The monoisotopic (exact) mass is 355 g/mol. The first-order valence-corrected chi connectivity index (χ1v) is 7.83. The minimum Gasteiger partial charge on any atom is -0.477 e. The van der Waals surface area contributed by atoms with Crippen molar-refractivity contribution < 1.29 is 18.7 Å². The number of hydrogen-bond donors (Lipinski definition) is 1. The quantitative estimate of drug-likeness (QED) is 0.773. The number of nitriles is 1. The number of hydrogen-bond acceptors (Lipinski definition) is 3. The van der Waals surface area contributed by atoms with Crippen molar-refractivity contribution in [2.45, 2.75) is 26.3 Å². The van der Waals surface area contributed by atoms with Gasteiger partial charge in [0.05, 0.1) is 29.4 Å². The van der Waals surface area contributed by atoms with Crippen LogP contribution in [-0.4, -0.2) is 20.9 Å². The predicted molar refractivity (Wildman–Crippen MR) is 91.0 cm³/mol. The van der Waals surface area contributed by atoms with E-state index in [1.807, 2.05) is 13.0 Å². The summed E-state index contributed by atoms with van der Waals surface area (Å²) in [6.07, 6.45) is 0. The van der Waals surface area contributed by atoms with E-state index in [1.165, 1.54) is 10.7 Å². The van der Waals surface area contributed by atoms with Gasteiger partial charge in [0.2, 0.25) is 0 Å². The van der Waals surface area contributed by atoms with Gasteiger partial charge in [0, 0.05) is 10.9 Å². The minimum atomic E-state index is -3.99. The number of alkyl halides is 2. The first-order chi connectivity index (χ1) is 12.3. The highest BCUT2D eigenvalue weighted by Crippen LogP contribution is 2.32. The maximum Gasteiger partial charge on any atom is 0.379 e. The summed E-state index contributed by atoms with van der Waals surface area (Å²) >= 11 is 0. The average Bonchev–Trinajstić information content (AvgIpc) is 2.92. The highest BCUT2D eigenvalue weighted by Gasteiger charge is 2.41. The number of benzene rings is 2. The number of fused-ring (bicyclic) bond motifs is 1. The summed E-state index contributed by atoms with van der Waals surface area (Å²) in [5.41, 5.74) is 2.54. The summed E-state index contributed by atoms with van der Waals surface area (Å²) in [6.45, 7) is 3.83. The lowest BCUT2D eigenvalue weighted by Gasteiger charge is -2.13. The number of aromatic nitrogens is 2. The van der Waals surface area contributed by atoms with Crippen molar-refractivity contribution in [1.82, 2.24) is 9.78 Å². The van der Waals surface area contributed by atoms with Gasteiger partial charge in [-0.1, -0.05) is 24.3 Å². The maximum atomic E-state index is 13.9. The van der Waals surface area contributed by atoms with E-state index in [-0.39, 0.29) is 6.54 Å². The van der Waals surface area contributed by atoms with E-state index in [0.717, 1.165) is 23.3 Å². The van der Waals surface area contributed by atoms with Crippen LogP contribution in [0.2, 0.25) is 0 Å². The molecule has 7 heteroatoms. The van der Waals surface area contributed by atoms with Crippen LogP contribution >= 0.6 is 0 Å². The molecular weight excluding hydrogens is 340 g/mol. The van der Waals surface area contributed by atoms with Gasteiger partial charge in [0.25, 0.3) is 0 Å². The number of carboxylic acid groups (broad SMARTS) is 1. The molecule has 0 amide bonds. The number of nitrogens with zero attached hydrogens (tertiary/aromatic N) is 3. The first kappa shape index (κ1) is 17.5. The molecule has 132 valence electrons. The van der Waals surface area contributed by atoms with Gasteiger partial charge in [-0.2, -0.15) is 19.1 Å². The molecule has 0 spiro atoms. The van der Waals surface area contributed by atoms with Gasteiger partial charge in [-0.25, -0.2) is 4.79 Å². The molecule has 3 aromatic rings. The number of halogens is 2. The Morgan fingerprint density at radius 3 is 2.69 bits per heavy atom. The van der Waals surface area contributed by atoms with Crippen molar-refractivity contribution in [3.05, 3.63) is 64.3 Å². The number of aliphatic carboxylic acids is 1. The topological polar surface area (TPSA) is 78.9 Å². The number of carboxylic acids is 1. The Labute approximate surface area is 148 Å². The summed E-state index contributed by atoms with van der Waals surface area (Å²) < 4.78 is 29.3. The molecule has 0 fully saturated rings. The smallest absolute Gasteiger partial charge is 0.379 e. The van der Waals surface area contributed by atoms with Crippen molar-refractivity contribution in [3.8, 4) is 6.07 Å². The second-order valence-electron chi connectivity index (χ2n) is 6.07. The molecule has 1 heterocycles. The lowest BCUT2D eigenvalue weighted by Crippen LogP contribution is -2.25. The Morgan fingerprint density at radius 1 is 1.31 bits per heavy atom. The van der Waals surface area contributed by atoms with Crippen LogP contribution in [0.5, 0.6) is 0 Å². The van der Waals surface area contributed by atoms with Crippen LogP contribution in [0.1, 0.15) is 27.9 Å². The zero-order chi connectivity index (χ0) is 19.1. The highest BCUT2D eigenvalue weighted by molar-refractivity contribution is 5.85. The summed E-state index contributed by atoms with van der Waals surface area (Å²) in [5.74, 6) is -6.19. The first-order valence-electron chi connectivity index (χ1n) is 7.83. The molecule has 0 atom stereocenters. The lowest BCUT2D eigenvalue weighted by molar-refractivity contribution is -0.166. The third-order valence-electron chi connectivity index (χ3n) is 4.41. The summed E-state index contributed by atoms with van der Waals surface area (Å²) in [4.78, 5) is 10.9. The SMILES string of the molecule is Cc1cccc(C#N)c1Cn1nc(C)c2ccc(C(F)(F)C(=O)O)cc21. The Kier molecular flexibility index (Phi) is 4.20. The Balaban J connectivity index is 2.16. The minimum absolute atomic E-state index is 0.224. The standard InChI is InChI=1S/C19H15F2N3O2/c1-11-4-3-5-13(9-22)16(11)10-24-17-8-14(19(20,21)18(25)26)6-7-15(17)12(2)23-24/h3-8H,10H2,1-2H3,(H,25,26). The van der Waals surface area contributed by atoms with E-state index in [0.29, 0.717) is 22.2 Å². The van der Waals surface area contributed by atoms with E-state index in [1.54, 1.807) is 19.1 Å². The average molecular weight is 355 g/mol. The summed E-state index contributed by atoms with van der Waals surface area (Å²) in [6, 6.07) is 11.1. The van der Waals surface area contributed by atoms with Gasteiger partial charge < -0.3 is 5.11 Å². The van der Waals surface area contributed by atoms with Crippen LogP contribution in [-0.2, 0) is 17.3 Å². The predicted octanol–water partition coefficient (Wildman–Crippen LogP) is 3.75. The van der Waals surface area contributed by atoms with Crippen LogP contribution in [0.3, 0.4) is 0 Å². The summed E-state index contributed by atoms with van der Waals surface area (Å²) in [7, 11) is 0.